The molecule has 0 spiro atoms. The summed E-state index contributed by atoms with van der Waals surface area (Å²) in [5.41, 5.74) is 0.826. The van der Waals surface area contributed by atoms with Crippen LogP contribution in [0.1, 0.15) is 23.7 Å². The zero-order chi connectivity index (χ0) is 22.1. The van der Waals surface area contributed by atoms with Gasteiger partial charge in [0, 0.05) is 31.4 Å². The number of benzene rings is 1. The van der Waals surface area contributed by atoms with Gasteiger partial charge >= 0.3 is 5.69 Å². The monoisotopic (exact) mass is 421 g/mol. The predicted octanol–water partition coefficient (Wildman–Crippen LogP) is 3.17. The number of anilines is 1. The van der Waals surface area contributed by atoms with Crippen LogP contribution in [0.25, 0.3) is 0 Å². The van der Waals surface area contributed by atoms with Gasteiger partial charge in [-0.05, 0) is 43.7 Å². The first kappa shape index (κ1) is 20.3. The van der Waals surface area contributed by atoms with Crippen LogP contribution in [0.15, 0.2) is 41.3 Å². The molecule has 3 aromatic rings. The lowest BCUT2D eigenvalue weighted by atomic mass is 10.1. The molecule has 0 bridgehead atoms. The van der Waals surface area contributed by atoms with E-state index in [2.05, 4.69) is 9.97 Å². The Bertz CT molecular complexity index is 1230. The molecule has 0 N–H and O–H groups in total. The Labute approximate surface area is 178 Å². The van der Waals surface area contributed by atoms with E-state index in [0.29, 0.717) is 23.7 Å². The van der Waals surface area contributed by atoms with E-state index in [-0.39, 0.29) is 29.8 Å². The largest absolute Gasteiger partial charge is 0.473 e. The Morgan fingerprint density at radius 1 is 1.32 bits per heavy atom. The summed E-state index contributed by atoms with van der Waals surface area (Å²) in [6.07, 6.45) is 1.46. The van der Waals surface area contributed by atoms with E-state index in [9.17, 15) is 14.4 Å². The van der Waals surface area contributed by atoms with Crippen molar-refractivity contribution < 1.29 is 13.9 Å². The van der Waals surface area contributed by atoms with Crippen LogP contribution in [-0.2, 0) is 13.2 Å². The second kappa shape index (κ2) is 8.07. The second-order valence-electron chi connectivity index (χ2n) is 7.40. The molecule has 8 nitrogen and oxygen atoms in total. The molecular weight excluding hydrogens is 401 g/mol. The highest BCUT2D eigenvalue weighted by atomic mass is 19.1. The van der Waals surface area contributed by atoms with E-state index in [1.165, 1.54) is 18.3 Å². The van der Waals surface area contributed by atoms with Gasteiger partial charge in [-0.25, -0.2) is 9.18 Å². The van der Waals surface area contributed by atoms with Gasteiger partial charge in [-0.1, -0.05) is 0 Å². The molecule has 0 amide bonds. The molecule has 0 aliphatic carbocycles. The fraction of sp³-hybridized carbons (Fsp3) is 0.273. The number of aromatic nitrogens is 3. The van der Waals surface area contributed by atoms with Crippen molar-refractivity contribution in [3.8, 4) is 23.4 Å². The van der Waals surface area contributed by atoms with E-state index in [4.69, 9.17) is 9.47 Å². The molecular formula is C22H20FN5O3. The highest BCUT2D eigenvalue weighted by Crippen LogP contribution is 2.30. The number of ether oxygens (including phenoxy) is 2. The molecule has 1 atom stereocenters. The van der Waals surface area contributed by atoms with Gasteiger partial charge in [0.1, 0.15) is 24.2 Å². The summed E-state index contributed by atoms with van der Waals surface area (Å²) >= 11 is 0. The van der Waals surface area contributed by atoms with E-state index in [1.807, 2.05) is 31.9 Å². The SMILES string of the molecule is Cc1ccc(Oc2c(F)cc(COc3cc4n(c(=O)n3)C[C@H](C)N4C)cc2C#N)cn1. The second-order valence-corrected chi connectivity index (χ2v) is 7.40. The van der Waals surface area contributed by atoms with Gasteiger partial charge < -0.3 is 14.4 Å². The summed E-state index contributed by atoms with van der Waals surface area (Å²) in [5, 5.41) is 9.46. The Hall–Kier alpha value is -3.93. The van der Waals surface area contributed by atoms with Crippen molar-refractivity contribution in [1.29, 1.82) is 5.26 Å². The Morgan fingerprint density at radius 3 is 2.84 bits per heavy atom. The molecule has 0 unspecified atom stereocenters. The highest BCUT2D eigenvalue weighted by Gasteiger charge is 2.25. The molecule has 158 valence electrons. The summed E-state index contributed by atoms with van der Waals surface area (Å²) in [6.45, 7) is 4.33. The quantitative estimate of drug-likeness (QED) is 0.625. The molecule has 31 heavy (non-hydrogen) atoms. The van der Waals surface area contributed by atoms with Crippen molar-refractivity contribution in [3.05, 3.63) is 69.7 Å². The van der Waals surface area contributed by atoms with Crippen molar-refractivity contribution in [2.24, 2.45) is 0 Å². The summed E-state index contributed by atoms with van der Waals surface area (Å²) in [7, 11) is 1.89. The standard InChI is InChI=1S/C22H20FN5O3/c1-13-4-5-17(10-25-13)31-21-16(9-24)6-15(7-18(21)23)12-30-19-8-20-27(3)14(2)11-28(20)22(29)26-19/h4-8,10,14H,11-12H2,1-3H3/t14-/m0/s1. The van der Waals surface area contributed by atoms with Crippen molar-refractivity contribution in [2.75, 3.05) is 11.9 Å². The molecule has 4 rings (SSSR count). The molecule has 1 aliphatic rings. The number of pyridine rings is 1. The molecule has 3 heterocycles. The van der Waals surface area contributed by atoms with E-state index in [0.717, 1.165) is 5.69 Å². The third-order valence-electron chi connectivity index (χ3n) is 5.15. The van der Waals surface area contributed by atoms with Gasteiger partial charge in [0.05, 0.1) is 11.8 Å². The lowest BCUT2D eigenvalue weighted by Crippen LogP contribution is -2.23. The minimum atomic E-state index is -0.700. The summed E-state index contributed by atoms with van der Waals surface area (Å²) in [5.74, 6) is 0.297. The summed E-state index contributed by atoms with van der Waals surface area (Å²) in [6, 6.07) is 9.88. The third kappa shape index (κ3) is 4.05. The highest BCUT2D eigenvalue weighted by molar-refractivity contribution is 5.49. The fourth-order valence-corrected chi connectivity index (χ4v) is 3.33. The molecule has 1 aliphatic heterocycles. The lowest BCUT2D eigenvalue weighted by molar-refractivity contribution is 0.290. The third-order valence-corrected chi connectivity index (χ3v) is 5.15. The van der Waals surface area contributed by atoms with Crippen LogP contribution >= 0.6 is 0 Å². The number of nitriles is 1. The van der Waals surface area contributed by atoms with Crippen LogP contribution < -0.4 is 20.1 Å². The van der Waals surface area contributed by atoms with Gasteiger partial charge in [0.2, 0.25) is 5.88 Å². The molecule has 1 aromatic carbocycles. The topological polar surface area (TPSA) is 93.3 Å². The molecule has 0 saturated heterocycles. The minimum Gasteiger partial charge on any atom is -0.473 e. The van der Waals surface area contributed by atoms with Gasteiger partial charge in [0.15, 0.2) is 11.6 Å². The minimum absolute atomic E-state index is 0.0229. The van der Waals surface area contributed by atoms with Crippen molar-refractivity contribution >= 4 is 5.82 Å². The number of hydrogen-bond acceptors (Lipinski definition) is 7. The Morgan fingerprint density at radius 2 is 2.13 bits per heavy atom. The number of halogens is 1. The van der Waals surface area contributed by atoms with Gasteiger partial charge in [-0.3, -0.25) is 9.55 Å². The molecule has 0 fully saturated rings. The van der Waals surface area contributed by atoms with Crippen LogP contribution in [0, 0.1) is 24.1 Å². The number of fused-ring (bicyclic) bond motifs is 1. The first-order valence-corrected chi connectivity index (χ1v) is 9.66. The molecule has 0 saturated carbocycles. The maximum Gasteiger partial charge on any atom is 0.352 e. The van der Waals surface area contributed by atoms with Gasteiger partial charge in [-0.2, -0.15) is 10.2 Å². The predicted molar refractivity (Wildman–Crippen MR) is 111 cm³/mol. The normalized spacial score (nSPS) is 14.8. The van der Waals surface area contributed by atoms with Gasteiger partial charge in [0.25, 0.3) is 0 Å². The maximum absolute atomic E-state index is 14.7. The maximum atomic E-state index is 14.7. The smallest absolute Gasteiger partial charge is 0.352 e. The summed E-state index contributed by atoms with van der Waals surface area (Å²) in [4.78, 5) is 22.3. The van der Waals surface area contributed by atoms with Crippen LogP contribution in [0.5, 0.6) is 17.4 Å². The number of likely N-dealkylation sites (N-methyl/N-ethyl adjacent to an activating group) is 1. The van der Waals surface area contributed by atoms with Gasteiger partial charge in [-0.15, -0.1) is 0 Å². The number of rotatable bonds is 5. The lowest BCUT2D eigenvalue weighted by Gasteiger charge is -2.16. The van der Waals surface area contributed by atoms with Crippen LogP contribution in [-0.4, -0.2) is 27.6 Å². The van der Waals surface area contributed by atoms with Crippen LogP contribution in [0.4, 0.5) is 10.2 Å². The summed E-state index contributed by atoms with van der Waals surface area (Å²) < 4.78 is 27.4. The molecule has 2 aromatic heterocycles. The number of hydrogen-bond donors (Lipinski definition) is 0. The number of aryl methyl sites for hydroxylation is 1. The van der Waals surface area contributed by atoms with Crippen molar-refractivity contribution in [3.63, 3.8) is 0 Å². The van der Waals surface area contributed by atoms with Crippen LogP contribution in [0.3, 0.4) is 0 Å². The van der Waals surface area contributed by atoms with E-state index in [1.54, 1.807) is 22.8 Å². The molecule has 0 radical (unpaired) electrons. The van der Waals surface area contributed by atoms with Crippen molar-refractivity contribution in [1.82, 2.24) is 14.5 Å². The first-order chi connectivity index (χ1) is 14.9. The Balaban J connectivity index is 1.54. The van der Waals surface area contributed by atoms with Crippen LogP contribution in [0.2, 0.25) is 0 Å². The number of nitrogens with zero attached hydrogens (tertiary/aromatic N) is 5. The van der Waals surface area contributed by atoms with E-state index >= 15 is 0 Å². The average Bonchev–Trinajstić information content (AvgIpc) is 3.04. The molecule has 9 heteroatoms. The average molecular weight is 421 g/mol. The van der Waals surface area contributed by atoms with E-state index < -0.39 is 11.5 Å². The fourth-order valence-electron chi connectivity index (χ4n) is 3.33. The first-order valence-electron chi connectivity index (χ1n) is 9.66. The van der Waals surface area contributed by atoms with Crippen molar-refractivity contribution in [2.45, 2.75) is 33.0 Å². The zero-order valence-electron chi connectivity index (χ0n) is 17.3. The Kier molecular flexibility index (Phi) is 5.29. The zero-order valence-corrected chi connectivity index (χ0v) is 17.3.